The van der Waals surface area contributed by atoms with Gasteiger partial charge in [-0.25, -0.2) is 4.79 Å². The molecule has 1 aromatic heterocycles. The van der Waals surface area contributed by atoms with Crippen LogP contribution in [-0.4, -0.2) is 32.4 Å². The second-order valence-corrected chi connectivity index (χ2v) is 8.67. The van der Waals surface area contributed by atoms with Gasteiger partial charge in [-0.05, 0) is 47.4 Å². The number of nitrogens with zero attached hydrogens (tertiary/aromatic N) is 1. The standard InChI is InChI=1S/C26H25N3O4/c1-26(13-14-29(24(26)31)15-22-23(30)28-25(32)27-22)19-9-11-20(12-10-19)33-16-18-7-4-6-17-5-2-3-8-21(17)18/h2-12,30H,13-16H2,1H3,(H2,27,28,32). The molecular weight excluding hydrogens is 418 g/mol. The van der Waals surface area contributed by atoms with Crippen molar-refractivity contribution in [3.63, 3.8) is 0 Å². The number of aromatic amines is 2. The molecule has 4 aromatic rings. The Morgan fingerprint density at radius 1 is 1.00 bits per heavy atom. The summed E-state index contributed by atoms with van der Waals surface area (Å²) in [5, 5.41) is 12.2. The molecule has 1 aliphatic rings. The number of nitrogens with one attached hydrogen (secondary N) is 2. The van der Waals surface area contributed by atoms with E-state index in [2.05, 4.69) is 34.2 Å². The lowest BCUT2D eigenvalue weighted by molar-refractivity contribution is -0.132. The number of aromatic hydroxyl groups is 1. The molecule has 7 heteroatoms. The molecule has 5 rings (SSSR count). The van der Waals surface area contributed by atoms with Gasteiger partial charge in [-0.15, -0.1) is 0 Å². The van der Waals surface area contributed by atoms with Crippen LogP contribution in [0.5, 0.6) is 11.6 Å². The summed E-state index contributed by atoms with van der Waals surface area (Å²) in [6.45, 7) is 3.09. The lowest BCUT2D eigenvalue weighted by atomic mass is 9.81. The fourth-order valence-corrected chi connectivity index (χ4v) is 4.55. The number of carbonyl (C=O) groups excluding carboxylic acids is 1. The van der Waals surface area contributed by atoms with Gasteiger partial charge < -0.3 is 19.7 Å². The molecule has 1 unspecified atom stereocenters. The third kappa shape index (κ3) is 3.86. The lowest BCUT2D eigenvalue weighted by Crippen LogP contribution is -2.35. The first-order chi connectivity index (χ1) is 15.9. The molecule has 0 saturated carbocycles. The molecule has 1 aliphatic heterocycles. The van der Waals surface area contributed by atoms with E-state index >= 15 is 0 Å². The second kappa shape index (κ2) is 8.16. The van der Waals surface area contributed by atoms with Gasteiger partial charge >= 0.3 is 5.69 Å². The number of hydrogen-bond donors (Lipinski definition) is 3. The molecule has 2 heterocycles. The smallest absolute Gasteiger partial charge is 0.326 e. The van der Waals surface area contributed by atoms with Crippen LogP contribution >= 0.6 is 0 Å². The number of amides is 1. The minimum Gasteiger partial charge on any atom is -0.493 e. The fourth-order valence-electron chi connectivity index (χ4n) is 4.55. The van der Waals surface area contributed by atoms with Crippen LogP contribution in [0.1, 0.15) is 30.2 Å². The van der Waals surface area contributed by atoms with Crippen LogP contribution in [0, 0.1) is 0 Å². The number of aromatic nitrogens is 2. The molecule has 1 atom stereocenters. The minimum absolute atomic E-state index is 0.0339. The maximum absolute atomic E-state index is 13.2. The summed E-state index contributed by atoms with van der Waals surface area (Å²) >= 11 is 0. The van der Waals surface area contributed by atoms with E-state index in [9.17, 15) is 14.7 Å². The first kappa shape index (κ1) is 20.9. The molecule has 0 radical (unpaired) electrons. The Labute approximate surface area is 190 Å². The Bertz CT molecular complexity index is 1370. The predicted molar refractivity (Wildman–Crippen MR) is 125 cm³/mol. The van der Waals surface area contributed by atoms with Gasteiger partial charge in [0, 0.05) is 6.54 Å². The molecule has 33 heavy (non-hydrogen) atoms. The third-order valence-electron chi connectivity index (χ3n) is 6.54. The zero-order chi connectivity index (χ0) is 23.0. The largest absolute Gasteiger partial charge is 0.493 e. The Morgan fingerprint density at radius 3 is 2.52 bits per heavy atom. The van der Waals surface area contributed by atoms with E-state index < -0.39 is 11.1 Å². The maximum atomic E-state index is 13.2. The van der Waals surface area contributed by atoms with Crippen molar-refractivity contribution >= 4 is 16.7 Å². The van der Waals surface area contributed by atoms with Gasteiger partial charge in [0.05, 0.1) is 17.7 Å². The highest BCUT2D eigenvalue weighted by atomic mass is 16.5. The predicted octanol–water partition coefficient (Wildman–Crippen LogP) is 3.83. The normalized spacial score (nSPS) is 18.2. The molecule has 1 saturated heterocycles. The van der Waals surface area contributed by atoms with E-state index in [1.165, 1.54) is 10.8 Å². The van der Waals surface area contributed by atoms with E-state index in [0.29, 0.717) is 25.3 Å². The SMILES string of the molecule is CC1(c2ccc(OCc3cccc4ccccc34)cc2)CCN(Cc2[nH]c(=O)[nH]c2O)C1=O. The molecule has 0 bridgehead atoms. The van der Waals surface area contributed by atoms with Gasteiger partial charge in [-0.3, -0.25) is 9.78 Å². The van der Waals surface area contributed by atoms with Crippen LogP contribution in [0.4, 0.5) is 0 Å². The van der Waals surface area contributed by atoms with Gasteiger partial charge in [0.1, 0.15) is 12.4 Å². The minimum atomic E-state index is -0.666. The second-order valence-electron chi connectivity index (χ2n) is 8.67. The van der Waals surface area contributed by atoms with E-state index in [4.69, 9.17) is 4.74 Å². The Morgan fingerprint density at radius 2 is 1.76 bits per heavy atom. The summed E-state index contributed by atoms with van der Waals surface area (Å²) in [6, 6.07) is 22.1. The van der Waals surface area contributed by atoms with Crippen LogP contribution in [0.25, 0.3) is 10.8 Å². The van der Waals surface area contributed by atoms with E-state index in [1.807, 2.05) is 49.4 Å². The van der Waals surface area contributed by atoms with Crippen molar-refractivity contribution in [2.75, 3.05) is 6.54 Å². The average molecular weight is 444 g/mol. The van der Waals surface area contributed by atoms with Gasteiger partial charge in [0.25, 0.3) is 0 Å². The summed E-state index contributed by atoms with van der Waals surface area (Å²) in [7, 11) is 0. The Hall–Kier alpha value is -4.00. The van der Waals surface area contributed by atoms with Gasteiger partial charge in [0.2, 0.25) is 11.8 Å². The maximum Gasteiger partial charge on any atom is 0.326 e. The monoisotopic (exact) mass is 443 g/mol. The van der Waals surface area contributed by atoms with Crippen molar-refractivity contribution < 1.29 is 14.6 Å². The zero-order valence-corrected chi connectivity index (χ0v) is 18.3. The molecule has 1 fully saturated rings. The Kier molecular flexibility index (Phi) is 5.17. The highest BCUT2D eigenvalue weighted by molar-refractivity contribution is 5.90. The molecule has 3 N–H and O–H groups in total. The molecule has 7 nitrogen and oxygen atoms in total. The summed E-state index contributed by atoms with van der Waals surface area (Å²) in [6.07, 6.45) is 0.650. The molecule has 0 aliphatic carbocycles. The average Bonchev–Trinajstić information content (AvgIpc) is 3.30. The van der Waals surface area contributed by atoms with Gasteiger partial charge in [-0.2, -0.15) is 0 Å². The molecule has 0 spiro atoms. The van der Waals surface area contributed by atoms with E-state index in [1.54, 1.807) is 4.90 Å². The van der Waals surface area contributed by atoms with Crippen LogP contribution in [0.3, 0.4) is 0 Å². The van der Waals surface area contributed by atoms with Crippen molar-refractivity contribution in [2.45, 2.75) is 31.9 Å². The third-order valence-corrected chi connectivity index (χ3v) is 6.54. The van der Waals surface area contributed by atoms with Gasteiger partial charge in [0.15, 0.2) is 0 Å². The van der Waals surface area contributed by atoms with Crippen molar-refractivity contribution in [3.8, 4) is 11.6 Å². The molecular formula is C26H25N3O4. The molecule has 168 valence electrons. The van der Waals surface area contributed by atoms with Crippen LogP contribution in [-0.2, 0) is 23.4 Å². The van der Waals surface area contributed by atoms with Crippen LogP contribution < -0.4 is 10.4 Å². The number of imidazole rings is 1. The number of H-pyrrole nitrogens is 2. The van der Waals surface area contributed by atoms with Crippen molar-refractivity contribution in [1.29, 1.82) is 0 Å². The topological polar surface area (TPSA) is 98.4 Å². The van der Waals surface area contributed by atoms with Crippen molar-refractivity contribution in [1.82, 2.24) is 14.9 Å². The summed E-state index contributed by atoms with van der Waals surface area (Å²) in [5.41, 5.74) is 1.20. The number of fused-ring (bicyclic) bond motifs is 1. The quantitative estimate of drug-likeness (QED) is 0.422. The van der Waals surface area contributed by atoms with Crippen molar-refractivity contribution in [2.24, 2.45) is 0 Å². The number of carbonyl (C=O) groups is 1. The number of ether oxygens (including phenoxy) is 1. The lowest BCUT2D eigenvalue weighted by Gasteiger charge is -2.24. The van der Waals surface area contributed by atoms with Crippen molar-refractivity contribution in [3.05, 3.63) is 94.0 Å². The van der Waals surface area contributed by atoms with E-state index in [0.717, 1.165) is 16.9 Å². The highest BCUT2D eigenvalue weighted by Gasteiger charge is 2.44. The highest BCUT2D eigenvalue weighted by Crippen LogP contribution is 2.37. The van der Waals surface area contributed by atoms with Crippen LogP contribution in [0.2, 0.25) is 0 Å². The van der Waals surface area contributed by atoms with E-state index in [-0.39, 0.29) is 18.3 Å². The number of hydrogen-bond acceptors (Lipinski definition) is 4. The zero-order valence-electron chi connectivity index (χ0n) is 18.3. The number of benzene rings is 3. The Balaban J connectivity index is 1.28. The summed E-state index contributed by atoms with van der Waals surface area (Å²) in [5.74, 6) is 0.481. The number of rotatable bonds is 6. The molecule has 1 amide bonds. The fraction of sp³-hybridized carbons (Fsp3) is 0.231. The summed E-state index contributed by atoms with van der Waals surface area (Å²) in [4.78, 5) is 31.0. The first-order valence-corrected chi connectivity index (χ1v) is 10.9. The van der Waals surface area contributed by atoms with Crippen LogP contribution in [0.15, 0.2) is 71.5 Å². The number of likely N-dealkylation sites (tertiary alicyclic amines) is 1. The van der Waals surface area contributed by atoms with Gasteiger partial charge in [-0.1, -0.05) is 54.6 Å². The first-order valence-electron chi connectivity index (χ1n) is 10.9. The summed E-state index contributed by atoms with van der Waals surface area (Å²) < 4.78 is 6.03. The molecule has 3 aromatic carbocycles.